The van der Waals surface area contributed by atoms with E-state index in [1.807, 2.05) is 24.3 Å². The van der Waals surface area contributed by atoms with E-state index in [1.165, 1.54) is 5.56 Å². The molecule has 2 aromatic carbocycles. The average molecular weight is 353 g/mol. The molecular weight excluding hydrogens is 328 g/mol. The van der Waals surface area contributed by atoms with Crippen molar-refractivity contribution in [2.45, 2.75) is 31.5 Å². The third-order valence-corrected chi connectivity index (χ3v) is 5.14. The molecule has 2 N–H and O–H groups in total. The maximum absolute atomic E-state index is 12.5. The van der Waals surface area contributed by atoms with Gasteiger partial charge in [0, 0.05) is 24.4 Å². The summed E-state index contributed by atoms with van der Waals surface area (Å²) in [7, 11) is 0. The fourth-order valence-electron chi connectivity index (χ4n) is 3.67. The van der Waals surface area contributed by atoms with Crippen LogP contribution in [0.2, 0.25) is 0 Å². The van der Waals surface area contributed by atoms with E-state index in [9.17, 15) is 4.79 Å². The summed E-state index contributed by atoms with van der Waals surface area (Å²) in [6.45, 7) is 3.47. The lowest BCUT2D eigenvalue weighted by Crippen LogP contribution is -3.12. The number of nitrogens with one attached hydrogen (secondary N) is 2. The van der Waals surface area contributed by atoms with Crippen molar-refractivity contribution in [2.75, 3.05) is 19.7 Å². The van der Waals surface area contributed by atoms with Crippen molar-refractivity contribution in [3.05, 3.63) is 60.2 Å². The molecule has 2 aliphatic rings. The number of hydrogen-bond donors (Lipinski definition) is 2. The Morgan fingerprint density at radius 1 is 1.00 bits per heavy atom. The molecule has 1 amide bonds. The molecule has 2 heterocycles. The average Bonchev–Trinajstić information content (AvgIpc) is 2.70. The highest BCUT2D eigenvalue weighted by Crippen LogP contribution is 2.30. The molecule has 0 bridgehead atoms. The molecular formula is C21H25N2O3+. The molecule has 1 atom stereocenters. The van der Waals surface area contributed by atoms with E-state index in [1.54, 1.807) is 4.90 Å². The Hall–Kier alpha value is -2.53. The van der Waals surface area contributed by atoms with Gasteiger partial charge in [-0.15, -0.1) is 0 Å². The number of carbonyl (C=O) groups is 1. The molecule has 0 spiro atoms. The number of ether oxygens (including phenoxy) is 2. The highest BCUT2D eigenvalue weighted by atomic mass is 16.6. The van der Waals surface area contributed by atoms with Crippen LogP contribution in [0.4, 0.5) is 0 Å². The molecule has 0 aromatic heterocycles. The molecule has 2 aliphatic heterocycles. The van der Waals surface area contributed by atoms with E-state index in [0.29, 0.717) is 11.5 Å². The molecule has 0 unspecified atom stereocenters. The largest absolute Gasteiger partial charge is 0.485 e. The summed E-state index contributed by atoms with van der Waals surface area (Å²) in [6, 6.07) is 18.3. The van der Waals surface area contributed by atoms with Gasteiger partial charge in [0.05, 0.1) is 13.1 Å². The number of amides is 1. The Morgan fingerprint density at radius 3 is 2.46 bits per heavy atom. The van der Waals surface area contributed by atoms with E-state index in [0.717, 1.165) is 32.5 Å². The number of quaternary nitrogens is 1. The van der Waals surface area contributed by atoms with E-state index in [4.69, 9.17) is 9.47 Å². The van der Waals surface area contributed by atoms with Crippen molar-refractivity contribution in [1.82, 2.24) is 5.32 Å². The van der Waals surface area contributed by atoms with Gasteiger partial charge >= 0.3 is 0 Å². The maximum Gasteiger partial charge on any atom is 0.264 e. The number of rotatable bonds is 4. The fraction of sp³-hybridized carbons (Fsp3) is 0.381. The predicted octanol–water partition coefficient (Wildman–Crippen LogP) is 1.19. The first-order valence-electron chi connectivity index (χ1n) is 9.34. The molecule has 0 aliphatic carbocycles. The molecule has 1 saturated heterocycles. The normalized spacial score (nSPS) is 24.7. The van der Waals surface area contributed by atoms with Crippen molar-refractivity contribution in [3.8, 4) is 11.5 Å². The molecule has 4 rings (SSSR count). The number of piperidine rings is 1. The minimum atomic E-state index is -0.570. The SMILES string of the molecule is O=C(NC1CC[NH+](Cc2ccccc2)CC1)[C@@H]1COc2ccccc2O1. The monoisotopic (exact) mass is 353 g/mol. The first kappa shape index (κ1) is 16.9. The van der Waals surface area contributed by atoms with Gasteiger partial charge in [-0.2, -0.15) is 0 Å². The second-order valence-electron chi connectivity index (χ2n) is 7.06. The van der Waals surface area contributed by atoms with Crippen LogP contribution in [0.1, 0.15) is 18.4 Å². The summed E-state index contributed by atoms with van der Waals surface area (Å²) in [4.78, 5) is 14.1. The topological polar surface area (TPSA) is 52.0 Å². The summed E-state index contributed by atoms with van der Waals surface area (Å²) < 4.78 is 11.4. The molecule has 2 aromatic rings. The molecule has 0 saturated carbocycles. The van der Waals surface area contributed by atoms with Crippen LogP contribution in [0.25, 0.3) is 0 Å². The quantitative estimate of drug-likeness (QED) is 0.868. The van der Waals surface area contributed by atoms with Gasteiger partial charge in [0.15, 0.2) is 11.5 Å². The summed E-state index contributed by atoms with van der Waals surface area (Å²) >= 11 is 0. The van der Waals surface area contributed by atoms with Gasteiger partial charge in [0.1, 0.15) is 13.2 Å². The Morgan fingerprint density at radius 2 is 1.69 bits per heavy atom. The first-order valence-corrected chi connectivity index (χ1v) is 9.34. The van der Waals surface area contributed by atoms with E-state index >= 15 is 0 Å². The summed E-state index contributed by atoms with van der Waals surface area (Å²) in [6.07, 6.45) is 1.43. The van der Waals surface area contributed by atoms with Crippen LogP contribution >= 0.6 is 0 Å². The van der Waals surface area contributed by atoms with Gasteiger partial charge in [-0.25, -0.2) is 0 Å². The molecule has 1 fully saturated rings. The second-order valence-corrected chi connectivity index (χ2v) is 7.06. The van der Waals surface area contributed by atoms with Crippen LogP contribution in [-0.2, 0) is 11.3 Å². The highest BCUT2D eigenvalue weighted by Gasteiger charge is 2.30. The number of para-hydroxylation sites is 2. The summed E-state index contributed by atoms with van der Waals surface area (Å²) in [5.41, 5.74) is 1.37. The lowest BCUT2D eigenvalue weighted by Gasteiger charge is -2.31. The smallest absolute Gasteiger partial charge is 0.264 e. The van der Waals surface area contributed by atoms with E-state index in [2.05, 4.69) is 35.6 Å². The predicted molar refractivity (Wildman–Crippen MR) is 98.4 cm³/mol. The lowest BCUT2D eigenvalue weighted by atomic mass is 10.0. The Labute approximate surface area is 153 Å². The number of likely N-dealkylation sites (tertiary alicyclic amines) is 1. The van der Waals surface area contributed by atoms with Crippen LogP contribution in [-0.4, -0.2) is 37.7 Å². The third-order valence-electron chi connectivity index (χ3n) is 5.14. The molecule has 5 nitrogen and oxygen atoms in total. The molecule has 136 valence electrons. The third kappa shape index (κ3) is 3.99. The second kappa shape index (κ2) is 7.79. The fourth-order valence-corrected chi connectivity index (χ4v) is 3.67. The van der Waals surface area contributed by atoms with Crippen LogP contribution < -0.4 is 19.7 Å². The van der Waals surface area contributed by atoms with Gasteiger partial charge in [-0.3, -0.25) is 4.79 Å². The van der Waals surface area contributed by atoms with Crippen molar-refractivity contribution < 1.29 is 19.2 Å². The Bertz CT molecular complexity index is 742. The van der Waals surface area contributed by atoms with Gasteiger partial charge in [0.25, 0.3) is 5.91 Å². The zero-order chi connectivity index (χ0) is 17.8. The zero-order valence-electron chi connectivity index (χ0n) is 14.8. The standard InChI is InChI=1S/C21H24N2O3/c24-21(20-15-25-18-8-4-5-9-19(18)26-20)22-17-10-12-23(13-11-17)14-16-6-2-1-3-7-16/h1-9,17,20H,10-15H2,(H,22,24)/p+1/t20-/m0/s1. The molecule has 5 heteroatoms. The summed E-state index contributed by atoms with van der Waals surface area (Å²) in [5.74, 6) is 1.27. The zero-order valence-corrected chi connectivity index (χ0v) is 14.8. The summed E-state index contributed by atoms with van der Waals surface area (Å²) in [5, 5.41) is 3.15. The molecule has 0 radical (unpaired) electrons. The van der Waals surface area contributed by atoms with Crippen LogP contribution in [0.3, 0.4) is 0 Å². The number of hydrogen-bond acceptors (Lipinski definition) is 3. The van der Waals surface area contributed by atoms with Crippen molar-refractivity contribution in [2.24, 2.45) is 0 Å². The number of benzene rings is 2. The van der Waals surface area contributed by atoms with Gasteiger partial charge in [0.2, 0.25) is 6.10 Å². The number of carbonyl (C=O) groups excluding carboxylic acids is 1. The Kier molecular flexibility index (Phi) is 5.07. The highest BCUT2D eigenvalue weighted by molar-refractivity contribution is 5.82. The van der Waals surface area contributed by atoms with Crippen molar-refractivity contribution in [1.29, 1.82) is 0 Å². The van der Waals surface area contributed by atoms with Crippen molar-refractivity contribution >= 4 is 5.91 Å². The van der Waals surface area contributed by atoms with Gasteiger partial charge in [-0.1, -0.05) is 42.5 Å². The van der Waals surface area contributed by atoms with Crippen LogP contribution in [0, 0.1) is 0 Å². The van der Waals surface area contributed by atoms with E-state index < -0.39 is 6.10 Å². The van der Waals surface area contributed by atoms with Crippen molar-refractivity contribution in [3.63, 3.8) is 0 Å². The Balaban J connectivity index is 1.25. The van der Waals surface area contributed by atoms with Gasteiger partial charge in [-0.05, 0) is 12.1 Å². The molecule has 26 heavy (non-hydrogen) atoms. The lowest BCUT2D eigenvalue weighted by molar-refractivity contribution is -0.918. The minimum Gasteiger partial charge on any atom is -0.485 e. The number of fused-ring (bicyclic) bond motifs is 1. The van der Waals surface area contributed by atoms with Crippen LogP contribution in [0.15, 0.2) is 54.6 Å². The van der Waals surface area contributed by atoms with E-state index in [-0.39, 0.29) is 18.6 Å². The first-order chi connectivity index (χ1) is 12.8. The maximum atomic E-state index is 12.5. The van der Waals surface area contributed by atoms with Crippen LogP contribution in [0.5, 0.6) is 11.5 Å². The van der Waals surface area contributed by atoms with Gasteiger partial charge < -0.3 is 19.7 Å². The minimum absolute atomic E-state index is 0.0731.